The predicted molar refractivity (Wildman–Crippen MR) is 210 cm³/mol. The number of para-hydroxylation sites is 3. The molecule has 0 spiro atoms. The fourth-order valence-electron chi connectivity index (χ4n) is 7.27. The van der Waals surface area contributed by atoms with Gasteiger partial charge in [-0.05, 0) is 133 Å². The van der Waals surface area contributed by atoms with Gasteiger partial charge in [0.1, 0.15) is 5.52 Å². The predicted octanol–water partition coefficient (Wildman–Crippen LogP) is 13.2. The first-order valence-corrected chi connectivity index (χ1v) is 16.9. The van der Waals surface area contributed by atoms with Gasteiger partial charge in [0.25, 0.3) is 0 Å². The van der Waals surface area contributed by atoms with Crippen LogP contribution in [0.3, 0.4) is 0 Å². The summed E-state index contributed by atoms with van der Waals surface area (Å²) in [6.45, 7) is 0. The minimum absolute atomic E-state index is 0.641. The Morgan fingerprint density at radius 3 is 1.70 bits per heavy atom. The van der Waals surface area contributed by atoms with Crippen molar-refractivity contribution in [1.29, 1.82) is 0 Å². The molecular formula is C47H30N2O. The van der Waals surface area contributed by atoms with E-state index in [9.17, 15) is 0 Å². The Morgan fingerprint density at radius 2 is 0.920 bits per heavy atom. The zero-order chi connectivity index (χ0) is 33.0. The van der Waals surface area contributed by atoms with E-state index in [1.807, 2.05) is 24.3 Å². The Kier molecular flexibility index (Phi) is 6.49. The number of rotatable bonds is 5. The minimum Gasteiger partial charge on any atom is -0.436 e. The van der Waals surface area contributed by atoms with Crippen molar-refractivity contribution in [2.24, 2.45) is 0 Å². The lowest BCUT2D eigenvalue weighted by Crippen LogP contribution is -2.09. The number of anilines is 3. The molecule has 0 fully saturated rings. The Bertz CT molecular complexity index is 2840. The molecule has 0 aliphatic rings. The van der Waals surface area contributed by atoms with Crippen LogP contribution in [0, 0.1) is 0 Å². The summed E-state index contributed by atoms with van der Waals surface area (Å²) in [5.41, 5.74) is 8.35. The Balaban J connectivity index is 1.01. The zero-order valence-electron chi connectivity index (χ0n) is 27.1. The van der Waals surface area contributed by atoms with Crippen LogP contribution < -0.4 is 4.90 Å². The first-order valence-electron chi connectivity index (χ1n) is 16.9. The highest BCUT2D eigenvalue weighted by atomic mass is 16.3. The average molecular weight is 639 g/mol. The van der Waals surface area contributed by atoms with E-state index in [1.54, 1.807) is 0 Å². The fraction of sp³-hybridized carbons (Fsp3) is 0. The summed E-state index contributed by atoms with van der Waals surface area (Å²) in [4.78, 5) is 7.01. The number of oxazole rings is 1. The number of hydrogen-bond acceptors (Lipinski definition) is 3. The summed E-state index contributed by atoms with van der Waals surface area (Å²) in [5.74, 6) is 0.641. The van der Waals surface area contributed by atoms with Gasteiger partial charge in [-0.3, -0.25) is 0 Å². The summed E-state index contributed by atoms with van der Waals surface area (Å²) in [7, 11) is 0. The lowest BCUT2D eigenvalue weighted by molar-refractivity contribution is 0.620. The van der Waals surface area contributed by atoms with Crippen LogP contribution in [0.1, 0.15) is 0 Å². The van der Waals surface area contributed by atoms with Crippen molar-refractivity contribution < 1.29 is 4.42 Å². The van der Waals surface area contributed by atoms with Crippen molar-refractivity contribution in [3.63, 3.8) is 0 Å². The normalized spacial score (nSPS) is 11.6. The summed E-state index contributed by atoms with van der Waals surface area (Å²) < 4.78 is 5.99. The number of benzene rings is 9. The fourth-order valence-corrected chi connectivity index (χ4v) is 7.27. The highest BCUT2D eigenvalue weighted by Gasteiger charge is 2.15. The maximum absolute atomic E-state index is 5.99. The zero-order valence-corrected chi connectivity index (χ0v) is 27.1. The third-order valence-corrected chi connectivity index (χ3v) is 9.80. The van der Waals surface area contributed by atoms with E-state index in [-0.39, 0.29) is 0 Å². The molecule has 1 aromatic heterocycles. The Hall–Kier alpha value is -6.71. The molecule has 10 rings (SSSR count). The van der Waals surface area contributed by atoms with Crippen molar-refractivity contribution in [1.82, 2.24) is 4.98 Å². The van der Waals surface area contributed by atoms with Crippen molar-refractivity contribution in [3.05, 3.63) is 182 Å². The Morgan fingerprint density at radius 1 is 0.360 bits per heavy atom. The third kappa shape index (κ3) is 4.87. The van der Waals surface area contributed by atoms with Crippen LogP contribution in [0.5, 0.6) is 0 Å². The molecule has 9 aromatic carbocycles. The van der Waals surface area contributed by atoms with Crippen molar-refractivity contribution in [2.75, 3.05) is 4.90 Å². The van der Waals surface area contributed by atoms with Crippen LogP contribution in [0.15, 0.2) is 186 Å². The van der Waals surface area contributed by atoms with Crippen LogP contribution in [0.2, 0.25) is 0 Å². The second-order valence-corrected chi connectivity index (χ2v) is 12.9. The Labute approximate surface area is 289 Å². The largest absolute Gasteiger partial charge is 0.436 e. The SMILES string of the molecule is c1ccc(N(c2ccc3cc4ccccc4cc3c2)c2ccc3c(ccc4cc(-c5ccc(-c6nc7ccccc7o6)cc5)ccc43)c2)cc1. The highest BCUT2D eigenvalue weighted by Crippen LogP contribution is 2.39. The summed E-state index contributed by atoms with van der Waals surface area (Å²) in [5, 5.41) is 9.88. The van der Waals surface area contributed by atoms with E-state index >= 15 is 0 Å². The second kappa shape index (κ2) is 11.5. The molecule has 0 bridgehead atoms. The van der Waals surface area contributed by atoms with E-state index in [2.05, 4.69) is 168 Å². The van der Waals surface area contributed by atoms with Crippen LogP contribution in [0.25, 0.3) is 76.8 Å². The van der Waals surface area contributed by atoms with Gasteiger partial charge < -0.3 is 9.32 Å². The molecule has 0 radical (unpaired) electrons. The van der Waals surface area contributed by atoms with E-state index in [4.69, 9.17) is 4.42 Å². The van der Waals surface area contributed by atoms with Gasteiger partial charge >= 0.3 is 0 Å². The second-order valence-electron chi connectivity index (χ2n) is 12.9. The molecule has 0 unspecified atom stereocenters. The molecule has 10 aromatic rings. The standard InChI is InChI=1S/C47H30N2O/c1-2-10-40(11-3-1)49(41-22-20-36-26-33-8-4-5-9-34(33)28-39(36)30-41)42-23-25-44-38(29-42)19-18-37-27-35(21-24-43(37)44)31-14-16-32(17-15-31)47-48-45-12-6-7-13-46(45)50-47/h1-30H. The van der Waals surface area contributed by atoms with Crippen LogP contribution in [-0.4, -0.2) is 4.98 Å². The maximum atomic E-state index is 5.99. The number of nitrogens with zero attached hydrogens (tertiary/aromatic N) is 2. The van der Waals surface area contributed by atoms with E-state index in [1.165, 1.54) is 48.7 Å². The monoisotopic (exact) mass is 638 g/mol. The molecule has 3 heteroatoms. The van der Waals surface area contributed by atoms with Gasteiger partial charge in [-0.2, -0.15) is 0 Å². The average Bonchev–Trinajstić information content (AvgIpc) is 3.62. The molecule has 0 aliphatic carbocycles. The number of hydrogen-bond donors (Lipinski definition) is 0. The molecule has 3 nitrogen and oxygen atoms in total. The maximum Gasteiger partial charge on any atom is 0.227 e. The molecule has 0 aliphatic heterocycles. The van der Waals surface area contributed by atoms with Crippen molar-refractivity contribution >= 4 is 71.3 Å². The van der Waals surface area contributed by atoms with E-state index in [0.717, 1.165) is 39.3 Å². The first kappa shape index (κ1) is 28.3. The topological polar surface area (TPSA) is 29.3 Å². The summed E-state index contributed by atoms with van der Waals surface area (Å²) in [6, 6.07) is 65.0. The molecule has 234 valence electrons. The van der Waals surface area contributed by atoms with Crippen LogP contribution in [0.4, 0.5) is 17.1 Å². The molecule has 0 amide bonds. The highest BCUT2D eigenvalue weighted by molar-refractivity contribution is 6.10. The lowest BCUT2D eigenvalue weighted by Gasteiger charge is -2.26. The minimum atomic E-state index is 0.641. The molecule has 0 atom stereocenters. The lowest BCUT2D eigenvalue weighted by atomic mass is 9.96. The van der Waals surface area contributed by atoms with E-state index < -0.39 is 0 Å². The number of fused-ring (bicyclic) bond motifs is 6. The van der Waals surface area contributed by atoms with Gasteiger partial charge in [-0.1, -0.05) is 103 Å². The van der Waals surface area contributed by atoms with Gasteiger partial charge in [0.05, 0.1) is 0 Å². The van der Waals surface area contributed by atoms with Gasteiger partial charge in [-0.25, -0.2) is 4.98 Å². The molecule has 50 heavy (non-hydrogen) atoms. The van der Waals surface area contributed by atoms with Crippen molar-refractivity contribution in [2.45, 2.75) is 0 Å². The summed E-state index contributed by atoms with van der Waals surface area (Å²) >= 11 is 0. The molecule has 0 N–H and O–H groups in total. The third-order valence-electron chi connectivity index (χ3n) is 9.80. The van der Waals surface area contributed by atoms with Gasteiger partial charge in [0.2, 0.25) is 5.89 Å². The van der Waals surface area contributed by atoms with E-state index in [0.29, 0.717) is 5.89 Å². The number of aromatic nitrogens is 1. The van der Waals surface area contributed by atoms with Gasteiger partial charge in [0.15, 0.2) is 5.58 Å². The molecule has 0 saturated carbocycles. The van der Waals surface area contributed by atoms with Crippen LogP contribution >= 0.6 is 0 Å². The molecule has 1 heterocycles. The summed E-state index contributed by atoms with van der Waals surface area (Å²) in [6.07, 6.45) is 0. The smallest absolute Gasteiger partial charge is 0.227 e. The first-order chi connectivity index (χ1) is 24.7. The van der Waals surface area contributed by atoms with Crippen molar-refractivity contribution in [3.8, 4) is 22.6 Å². The van der Waals surface area contributed by atoms with Gasteiger partial charge in [0, 0.05) is 22.6 Å². The molecule has 0 saturated heterocycles. The van der Waals surface area contributed by atoms with Gasteiger partial charge in [-0.15, -0.1) is 0 Å². The molecular weight excluding hydrogens is 609 g/mol. The van der Waals surface area contributed by atoms with Crippen LogP contribution in [-0.2, 0) is 0 Å². The quantitative estimate of drug-likeness (QED) is 0.139.